The van der Waals surface area contributed by atoms with Crippen molar-refractivity contribution in [3.8, 4) is 0 Å². The first-order valence-electron chi connectivity index (χ1n) is 11.1. The number of carbonyl (C=O) groups is 1. The van der Waals surface area contributed by atoms with Crippen molar-refractivity contribution >= 4 is 56.6 Å². The molecule has 0 fully saturated rings. The molecule has 1 N–H and O–H groups in total. The fourth-order valence-electron chi connectivity index (χ4n) is 3.35. The number of sulfonamides is 1. The van der Waals surface area contributed by atoms with E-state index in [-0.39, 0.29) is 17.3 Å². The Hall–Kier alpha value is -2.19. The van der Waals surface area contributed by atoms with E-state index in [1.54, 1.807) is 60.3 Å². The maximum atomic E-state index is 13.4. The second-order valence-corrected chi connectivity index (χ2v) is 12.0. The lowest BCUT2D eigenvalue weighted by atomic mass is 10.0. The van der Waals surface area contributed by atoms with E-state index in [1.807, 2.05) is 12.1 Å². The van der Waals surface area contributed by atoms with Gasteiger partial charge in [-0.2, -0.15) is 11.8 Å². The zero-order valence-corrected chi connectivity index (χ0v) is 22.7. The lowest BCUT2D eigenvalue weighted by molar-refractivity contribution is -0.119. The molecular formula is C26H28Cl2N2O3S2. The first-order chi connectivity index (χ1) is 16.7. The Bertz CT molecular complexity index is 1210. The molecule has 5 nitrogen and oxygen atoms in total. The Balaban J connectivity index is 1.66. The van der Waals surface area contributed by atoms with E-state index in [1.165, 1.54) is 12.1 Å². The summed E-state index contributed by atoms with van der Waals surface area (Å²) in [7, 11) is -3.93. The van der Waals surface area contributed by atoms with Crippen LogP contribution >= 0.6 is 35.0 Å². The van der Waals surface area contributed by atoms with Gasteiger partial charge in [0.05, 0.1) is 10.6 Å². The van der Waals surface area contributed by atoms with Gasteiger partial charge in [0.15, 0.2) is 0 Å². The topological polar surface area (TPSA) is 66.5 Å². The van der Waals surface area contributed by atoms with Gasteiger partial charge in [-0.3, -0.25) is 9.10 Å². The largest absolute Gasteiger partial charge is 0.354 e. The minimum Gasteiger partial charge on any atom is -0.354 e. The molecule has 0 aromatic heterocycles. The molecule has 0 aliphatic heterocycles. The number of carbonyl (C=O) groups excluding carboxylic acids is 1. The van der Waals surface area contributed by atoms with Gasteiger partial charge in [-0.05, 0) is 53.4 Å². The highest BCUT2D eigenvalue weighted by Crippen LogP contribution is 2.28. The van der Waals surface area contributed by atoms with E-state index in [4.69, 9.17) is 23.2 Å². The smallest absolute Gasteiger partial charge is 0.264 e. The lowest BCUT2D eigenvalue weighted by Crippen LogP contribution is -2.41. The van der Waals surface area contributed by atoms with Crippen LogP contribution in [0.5, 0.6) is 0 Å². The Morgan fingerprint density at radius 2 is 1.57 bits per heavy atom. The monoisotopic (exact) mass is 550 g/mol. The van der Waals surface area contributed by atoms with Gasteiger partial charge in [0.25, 0.3) is 10.0 Å². The molecule has 186 valence electrons. The van der Waals surface area contributed by atoms with Gasteiger partial charge in [-0.15, -0.1) is 0 Å². The van der Waals surface area contributed by atoms with Crippen LogP contribution in [0.25, 0.3) is 0 Å². The molecule has 0 aliphatic rings. The van der Waals surface area contributed by atoms with E-state index in [2.05, 4.69) is 19.2 Å². The highest BCUT2D eigenvalue weighted by molar-refractivity contribution is 7.98. The van der Waals surface area contributed by atoms with E-state index in [0.29, 0.717) is 39.7 Å². The van der Waals surface area contributed by atoms with Crippen molar-refractivity contribution in [1.29, 1.82) is 0 Å². The van der Waals surface area contributed by atoms with Gasteiger partial charge < -0.3 is 5.32 Å². The van der Waals surface area contributed by atoms with Gasteiger partial charge >= 0.3 is 0 Å². The Morgan fingerprint density at radius 1 is 0.943 bits per heavy atom. The Labute approximate surface area is 221 Å². The second kappa shape index (κ2) is 12.7. The molecule has 35 heavy (non-hydrogen) atoms. The fourth-order valence-corrected chi connectivity index (χ4v) is 6.39. The summed E-state index contributed by atoms with van der Waals surface area (Å²) in [5.74, 6) is 1.17. The summed E-state index contributed by atoms with van der Waals surface area (Å²) in [6.07, 6.45) is 0. The number of hydrogen-bond donors (Lipinski definition) is 1. The molecule has 0 radical (unpaired) electrons. The van der Waals surface area contributed by atoms with Gasteiger partial charge in [0, 0.05) is 28.1 Å². The summed E-state index contributed by atoms with van der Waals surface area (Å²) in [5, 5.41) is 4.04. The number of hydrogen-bond acceptors (Lipinski definition) is 4. The Morgan fingerprint density at radius 3 is 2.17 bits per heavy atom. The van der Waals surface area contributed by atoms with Crippen LogP contribution in [0.1, 0.15) is 30.9 Å². The van der Waals surface area contributed by atoms with Gasteiger partial charge in [-0.25, -0.2) is 8.42 Å². The molecule has 1 amide bonds. The van der Waals surface area contributed by atoms with Crippen LogP contribution < -0.4 is 9.62 Å². The molecular weight excluding hydrogens is 523 g/mol. The van der Waals surface area contributed by atoms with Crippen molar-refractivity contribution < 1.29 is 13.2 Å². The molecule has 0 saturated carbocycles. The quantitative estimate of drug-likeness (QED) is 0.282. The fraction of sp³-hybridized carbons (Fsp3) is 0.269. The first-order valence-corrected chi connectivity index (χ1v) is 14.5. The summed E-state index contributed by atoms with van der Waals surface area (Å²) >= 11 is 14.0. The number of anilines is 1. The summed E-state index contributed by atoms with van der Waals surface area (Å²) < 4.78 is 28.0. The number of thioether (sulfide) groups is 1. The van der Waals surface area contributed by atoms with Crippen molar-refractivity contribution in [3.05, 3.63) is 94.0 Å². The lowest BCUT2D eigenvalue weighted by Gasteiger charge is -2.24. The van der Waals surface area contributed by atoms with Gasteiger partial charge in [0.2, 0.25) is 5.91 Å². The molecule has 0 aliphatic carbocycles. The summed E-state index contributed by atoms with van der Waals surface area (Å²) in [6, 6.07) is 20.8. The third-order valence-corrected chi connectivity index (χ3v) is 8.82. The van der Waals surface area contributed by atoms with Crippen LogP contribution in [0.3, 0.4) is 0 Å². The molecule has 3 aromatic carbocycles. The van der Waals surface area contributed by atoms with Crippen molar-refractivity contribution in [3.63, 3.8) is 0 Å². The molecule has 0 saturated heterocycles. The maximum Gasteiger partial charge on any atom is 0.264 e. The van der Waals surface area contributed by atoms with Crippen molar-refractivity contribution in [1.82, 2.24) is 5.32 Å². The van der Waals surface area contributed by atoms with Crippen molar-refractivity contribution in [2.75, 3.05) is 23.1 Å². The average Bonchev–Trinajstić information content (AvgIpc) is 2.84. The predicted molar refractivity (Wildman–Crippen MR) is 147 cm³/mol. The highest BCUT2D eigenvalue weighted by Gasteiger charge is 2.27. The molecule has 0 bridgehead atoms. The van der Waals surface area contributed by atoms with Crippen LogP contribution in [-0.4, -0.2) is 33.2 Å². The zero-order chi connectivity index (χ0) is 25.4. The number of halogens is 2. The average molecular weight is 552 g/mol. The van der Waals surface area contributed by atoms with Crippen molar-refractivity contribution in [2.45, 2.75) is 30.4 Å². The number of amides is 1. The van der Waals surface area contributed by atoms with Crippen molar-refractivity contribution in [2.24, 2.45) is 0 Å². The third-order valence-electron chi connectivity index (χ3n) is 5.34. The SMILES string of the molecule is CC(C)c1ccc(N(CC(=O)NCCSCc2c(Cl)cccc2Cl)S(=O)(=O)c2ccccc2)cc1. The van der Waals surface area contributed by atoms with E-state index in [0.717, 1.165) is 15.4 Å². The van der Waals surface area contributed by atoms with Crippen LogP contribution in [0.4, 0.5) is 5.69 Å². The molecule has 3 rings (SSSR count). The van der Waals surface area contributed by atoms with E-state index < -0.39 is 10.0 Å². The standard InChI is InChI=1S/C26H28Cl2N2O3S2/c1-19(2)20-11-13-21(14-12-20)30(35(32,33)22-7-4-3-5-8-22)17-26(31)29-15-16-34-18-23-24(27)9-6-10-25(23)28/h3-14,19H,15-18H2,1-2H3,(H,29,31). The zero-order valence-electron chi connectivity index (χ0n) is 19.6. The van der Waals surface area contributed by atoms with E-state index >= 15 is 0 Å². The number of rotatable bonds is 11. The number of nitrogens with one attached hydrogen (secondary N) is 1. The molecule has 0 heterocycles. The molecule has 0 spiro atoms. The van der Waals surface area contributed by atoms with Gasteiger partial charge in [-0.1, -0.05) is 73.4 Å². The number of benzene rings is 3. The first kappa shape index (κ1) is 27.4. The molecule has 3 aromatic rings. The second-order valence-electron chi connectivity index (χ2n) is 8.17. The van der Waals surface area contributed by atoms with Crippen LogP contribution in [0, 0.1) is 0 Å². The summed E-state index contributed by atoms with van der Waals surface area (Å²) in [5.41, 5.74) is 2.39. The minimum absolute atomic E-state index is 0.132. The molecule has 0 unspecified atom stereocenters. The van der Waals surface area contributed by atoms with Crippen LogP contribution in [0.15, 0.2) is 77.7 Å². The summed E-state index contributed by atoms with van der Waals surface area (Å²) in [4.78, 5) is 12.9. The van der Waals surface area contributed by atoms with E-state index in [9.17, 15) is 13.2 Å². The molecule has 0 atom stereocenters. The normalized spacial score (nSPS) is 11.5. The van der Waals surface area contributed by atoms with Crippen LogP contribution in [-0.2, 0) is 20.6 Å². The number of nitrogens with zero attached hydrogens (tertiary/aromatic N) is 1. The Kier molecular flexibility index (Phi) is 9.92. The van der Waals surface area contributed by atoms with Crippen LogP contribution in [0.2, 0.25) is 10.0 Å². The maximum absolute atomic E-state index is 13.4. The third kappa shape index (κ3) is 7.40. The molecule has 9 heteroatoms. The highest BCUT2D eigenvalue weighted by atomic mass is 35.5. The predicted octanol–water partition coefficient (Wildman–Crippen LogP) is 6.36. The van der Waals surface area contributed by atoms with Gasteiger partial charge in [0.1, 0.15) is 6.54 Å². The summed E-state index contributed by atoms with van der Waals surface area (Å²) in [6.45, 7) is 4.20. The minimum atomic E-state index is -3.93.